The summed E-state index contributed by atoms with van der Waals surface area (Å²) in [4.78, 5) is 13.4. The molecule has 1 fully saturated rings. The minimum absolute atomic E-state index is 0.150. The molecule has 1 unspecified atom stereocenters. The number of rotatable bonds is 4. The highest BCUT2D eigenvalue weighted by atomic mass is 16.6. The molecule has 1 heterocycles. The van der Waals surface area contributed by atoms with E-state index in [0.717, 1.165) is 38.9 Å². The molecule has 0 radical (unpaired) electrons. The lowest BCUT2D eigenvalue weighted by Gasteiger charge is -2.32. The first-order valence-corrected chi connectivity index (χ1v) is 5.93. The Kier molecular flexibility index (Phi) is 5.47. The zero-order valence-corrected chi connectivity index (χ0v) is 9.79. The Morgan fingerprint density at radius 1 is 1.53 bits per heavy atom. The predicted octanol–water partition coefficient (Wildman–Crippen LogP) is 1.61. The van der Waals surface area contributed by atoms with Gasteiger partial charge in [0.05, 0.1) is 6.61 Å². The van der Waals surface area contributed by atoms with Crippen LogP contribution in [0.1, 0.15) is 33.1 Å². The highest BCUT2D eigenvalue weighted by Crippen LogP contribution is 2.04. The summed E-state index contributed by atoms with van der Waals surface area (Å²) in [5.74, 6) is 0. The van der Waals surface area contributed by atoms with Crippen molar-refractivity contribution >= 4 is 6.09 Å². The van der Waals surface area contributed by atoms with Gasteiger partial charge >= 0.3 is 6.09 Å². The number of carbonyl (C=O) groups excluding carboxylic acids is 1. The van der Waals surface area contributed by atoms with Gasteiger partial charge in [-0.2, -0.15) is 0 Å². The fraction of sp³-hybridized carbons (Fsp3) is 0.909. The molecule has 1 aliphatic heterocycles. The van der Waals surface area contributed by atoms with Crippen molar-refractivity contribution in [2.75, 3.05) is 26.2 Å². The third-order valence-corrected chi connectivity index (χ3v) is 2.73. The van der Waals surface area contributed by atoms with E-state index in [9.17, 15) is 4.79 Å². The van der Waals surface area contributed by atoms with Crippen molar-refractivity contribution in [1.29, 1.82) is 0 Å². The zero-order valence-electron chi connectivity index (χ0n) is 9.79. The average Bonchev–Trinajstić information content (AvgIpc) is 2.29. The van der Waals surface area contributed by atoms with Gasteiger partial charge < -0.3 is 15.0 Å². The SMILES string of the molecule is CCCCOC(=O)N1CCNC(CC)C1. The molecule has 1 amide bonds. The molecule has 0 spiro atoms. The molecule has 0 aromatic heterocycles. The number of ether oxygens (including phenoxy) is 1. The molecule has 1 N–H and O–H groups in total. The van der Waals surface area contributed by atoms with Gasteiger partial charge in [0.25, 0.3) is 0 Å². The van der Waals surface area contributed by atoms with Gasteiger partial charge in [0.2, 0.25) is 0 Å². The van der Waals surface area contributed by atoms with E-state index < -0.39 is 0 Å². The van der Waals surface area contributed by atoms with Crippen molar-refractivity contribution in [2.24, 2.45) is 0 Å². The third-order valence-electron chi connectivity index (χ3n) is 2.73. The van der Waals surface area contributed by atoms with Crippen LogP contribution in [0.5, 0.6) is 0 Å². The Balaban J connectivity index is 2.25. The number of carbonyl (C=O) groups is 1. The van der Waals surface area contributed by atoms with Gasteiger partial charge in [-0.15, -0.1) is 0 Å². The van der Waals surface area contributed by atoms with Crippen LogP contribution in [0.25, 0.3) is 0 Å². The summed E-state index contributed by atoms with van der Waals surface area (Å²) in [5.41, 5.74) is 0. The van der Waals surface area contributed by atoms with Crippen LogP contribution >= 0.6 is 0 Å². The van der Waals surface area contributed by atoms with Gasteiger partial charge in [0, 0.05) is 25.7 Å². The van der Waals surface area contributed by atoms with Gasteiger partial charge in [-0.05, 0) is 12.8 Å². The molecule has 4 nitrogen and oxygen atoms in total. The van der Waals surface area contributed by atoms with Crippen LogP contribution < -0.4 is 5.32 Å². The maximum Gasteiger partial charge on any atom is 0.409 e. The van der Waals surface area contributed by atoms with E-state index in [1.807, 2.05) is 0 Å². The Morgan fingerprint density at radius 3 is 3.00 bits per heavy atom. The van der Waals surface area contributed by atoms with Crippen LogP contribution in [0.2, 0.25) is 0 Å². The third kappa shape index (κ3) is 4.08. The van der Waals surface area contributed by atoms with Crippen LogP contribution in [0, 0.1) is 0 Å². The number of unbranched alkanes of at least 4 members (excludes halogenated alkanes) is 1. The molecule has 1 aliphatic rings. The van der Waals surface area contributed by atoms with Gasteiger partial charge in [0.15, 0.2) is 0 Å². The molecule has 4 heteroatoms. The minimum atomic E-state index is -0.150. The quantitative estimate of drug-likeness (QED) is 0.723. The van der Waals surface area contributed by atoms with E-state index >= 15 is 0 Å². The fourth-order valence-electron chi connectivity index (χ4n) is 1.66. The first-order chi connectivity index (χ1) is 7.27. The van der Waals surface area contributed by atoms with Crippen LogP contribution in [-0.4, -0.2) is 43.3 Å². The summed E-state index contributed by atoms with van der Waals surface area (Å²) in [7, 11) is 0. The summed E-state index contributed by atoms with van der Waals surface area (Å²) in [6.07, 6.45) is 2.92. The number of hydrogen-bond acceptors (Lipinski definition) is 3. The molecule has 1 atom stereocenters. The van der Waals surface area contributed by atoms with Crippen molar-refractivity contribution in [1.82, 2.24) is 10.2 Å². The second-order valence-corrected chi connectivity index (χ2v) is 3.97. The van der Waals surface area contributed by atoms with Gasteiger partial charge in [-0.3, -0.25) is 0 Å². The number of nitrogens with zero attached hydrogens (tertiary/aromatic N) is 1. The number of piperazine rings is 1. The molecule has 0 aromatic carbocycles. The summed E-state index contributed by atoms with van der Waals surface area (Å²) >= 11 is 0. The standard InChI is InChI=1S/C11H22N2O2/c1-3-5-8-15-11(14)13-7-6-12-10(4-2)9-13/h10,12H,3-9H2,1-2H3. The number of nitrogens with one attached hydrogen (secondary N) is 1. The summed E-state index contributed by atoms with van der Waals surface area (Å²) in [6, 6.07) is 0.428. The zero-order chi connectivity index (χ0) is 11.1. The molecule has 0 aliphatic carbocycles. The normalized spacial score (nSPS) is 21.5. The first kappa shape index (κ1) is 12.3. The molecule has 88 valence electrons. The molecule has 0 bridgehead atoms. The topological polar surface area (TPSA) is 41.6 Å². The van der Waals surface area contributed by atoms with Crippen LogP contribution in [0.15, 0.2) is 0 Å². The Bertz CT molecular complexity index is 197. The van der Waals surface area contributed by atoms with Crippen molar-refractivity contribution in [3.8, 4) is 0 Å². The van der Waals surface area contributed by atoms with Crippen molar-refractivity contribution in [3.05, 3.63) is 0 Å². The van der Waals surface area contributed by atoms with Gasteiger partial charge in [-0.25, -0.2) is 4.79 Å². The second kappa shape index (κ2) is 6.67. The van der Waals surface area contributed by atoms with Gasteiger partial charge in [-0.1, -0.05) is 20.3 Å². The molecule has 0 saturated carbocycles. The molecule has 15 heavy (non-hydrogen) atoms. The fourth-order valence-corrected chi connectivity index (χ4v) is 1.66. The lowest BCUT2D eigenvalue weighted by atomic mass is 10.2. The highest BCUT2D eigenvalue weighted by molar-refractivity contribution is 5.67. The van der Waals surface area contributed by atoms with E-state index in [1.54, 1.807) is 4.90 Å². The molecular weight excluding hydrogens is 192 g/mol. The lowest BCUT2D eigenvalue weighted by molar-refractivity contribution is 0.0891. The maximum atomic E-state index is 11.6. The largest absolute Gasteiger partial charge is 0.449 e. The van der Waals surface area contributed by atoms with Crippen molar-refractivity contribution < 1.29 is 9.53 Å². The van der Waals surface area contributed by atoms with Crippen LogP contribution in [0.4, 0.5) is 4.79 Å². The van der Waals surface area contributed by atoms with Crippen molar-refractivity contribution in [2.45, 2.75) is 39.2 Å². The van der Waals surface area contributed by atoms with E-state index in [0.29, 0.717) is 12.6 Å². The predicted molar refractivity (Wildman–Crippen MR) is 59.9 cm³/mol. The van der Waals surface area contributed by atoms with E-state index in [1.165, 1.54) is 0 Å². The maximum absolute atomic E-state index is 11.6. The molecule has 0 aromatic rings. The first-order valence-electron chi connectivity index (χ1n) is 5.93. The summed E-state index contributed by atoms with van der Waals surface area (Å²) in [6.45, 7) is 7.19. The van der Waals surface area contributed by atoms with E-state index in [4.69, 9.17) is 4.74 Å². The average molecular weight is 214 g/mol. The lowest BCUT2D eigenvalue weighted by Crippen LogP contribution is -2.52. The minimum Gasteiger partial charge on any atom is -0.449 e. The summed E-state index contributed by atoms with van der Waals surface area (Å²) < 4.78 is 5.17. The van der Waals surface area contributed by atoms with Gasteiger partial charge in [0.1, 0.15) is 0 Å². The Labute approximate surface area is 92.0 Å². The van der Waals surface area contributed by atoms with Crippen molar-refractivity contribution in [3.63, 3.8) is 0 Å². The van der Waals surface area contributed by atoms with E-state index in [2.05, 4.69) is 19.2 Å². The molecule has 1 saturated heterocycles. The number of hydrogen-bond donors (Lipinski definition) is 1. The highest BCUT2D eigenvalue weighted by Gasteiger charge is 2.22. The van der Waals surface area contributed by atoms with Crippen LogP contribution in [-0.2, 0) is 4.74 Å². The molecule has 1 rings (SSSR count). The summed E-state index contributed by atoms with van der Waals surface area (Å²) in [5, 5.41) is 3.37. The molecular formula is C11H22N2O2. The Morgan fingerprint density at radius 2 is 2.33 bits per heavy atom. The number of amides is 1. The second-order valence-electron chi connectivity index (χ2n) is 3.97. The van der Waals surface area contributed by atoms with Crippen LogP contribution in [0.3, 0.4) is 0 Å². The monoisotopic (exact) mass is 214 g/mol. The Hall–Kier alpha value is -0.770. The van der Waals surface area contributed by atoms with E-state index in [-0.39, 0.29) is 6.09 Å². The smallest absolute Gasteiger partial charge is 0.409 e.